The third kappa shape index (κ3) is 2.36. The highest BCUT2D eigenvalue weighted by Gasteiger charge is 2.27. The minimum absolute atomic E-state index is 0.668. The summed E-state index contributed by atoms with van der Waals surface area (Å²) in [6.45, 7) is 1.21. The van der Waals surface area contributed by atoms with Crippen molar-refractivity contribution in [2.24, 2.45) is 0 Å². The smallest absolute Gasteiger partial charge is 0.241 e. The fraction of sp³-hybridized carbons (Fsp3) is 0.300. The van der Waals surface area contributed by atoms with Crippen molar-refractivity contribution in [3.05, 3.63) is 29.1 Å². The van der Waals surface area contributed by atoms with E-state index in [9.17, 15) is 26.7 Å². The van der Waals surface area contributed by atoms with Crippen molar-refractivity contribution in [3.8, 4) is 0 Å². The maximum atomic E-state index is 13.2. The average Bonchev–Trinajstić information content (AvgIpc) is 2.37. The number of nitrogens with one attached hydrogen (secondary N) is 2. The van der Waals surface area contributed by atoms with Crippen LogP contribution in [0.3, 0.4) is 0 Å². The van der Waals surface area contributed by atoms with Crippen LogP contribution in [0.5, 0.6) is 0 Å². The molecule has 1 amide bonds. The van der Waals surface area contributed by atoms with Gasteiger partial charge in [-0.15, -0.1) is 0 Å². The summed E-state index contributed by atoms with van der Waals surface area (Å²) in [4.78, 5) is 11.1. The Kier molecular flexibility index (Phi) is 4.10. The summed E-state index contributed by atoms with van der Waals surface area (Å²) < 4.78 is 64.8. The third-order valence-electron chi connectivity index (χ3n) is 2.21. The van der Waals surface area contributed by atoms with Gasteiger partial charge < -0.3 is 10.6 Å². The largest absolute Gasteiger partial charge is 0.369 e. The van der Waals surface area contributed by atoms with Gasteiger partial charge in [0, 0.05) is 7.05 Å². The minimum Gasteiger partial charge on any atom is -0.369 e. The third-order valence-corrected chi connectivity index (χ3v) is 2.21. The number of likely N-dealkylation sites (N-methyl/N-ethyl adjacent to an activating group) is 1. The van der Waals surface area contributed by atoms with Gasteiger partial charge in [-0.3, -0.25) is 4.79 Å². The van der Waals surface area contributed by atoms with Gasteiger partial charge in [0.1, 0.15) is 11.7 Å². The Morgan fingerprint density at radius 1 is 0.944 bits per heavy atom. The Balaban J connectivity index is 3.22. The molecule has 0 saturated heterocycles. The Morgan fingerprint density at radius 3 is 1.72 bits per heavy atom. The molecule has 0 saturated carbocycles. The summed E-state index contributed by atoms with van der Waals surface area (Å²) in [6, 6.07) is -1.16. The molecular weight excluding hydrogens is 259 g/mol. The number of hydrogen-bond donors (Lipinski definition) is 2. The SMILES string of the molecule is CNC(=O)C(C)Nc1c(F)c(F)c(F)c(F)c1F. The molecule has 3 nitrogen and oxygen atoms in total. The van der Waals surface area contributed by atoms with E-state index in [1.807, 2.05) is 5.32 Å². The van der Waals surface area contributed by atoms with Crippen molar-refractivity contribution in [2.45, 2.75) is 13.0 Å². The van der Waals surface area contributed by atoms with E-state index in [0.29, 0.717) is 0 Å². The number of amides is 1. The molecule has 18 heavy (non-hydrogen) atoms. The van der Waals surface area contributed by atoms with Crippen molar-refractivity contribution in [1.29, 1.82) is 0 Å². The van der Waals surface area contributed by atoms with Gasteiger partial charge >= 0.3 is 0 Å². The van der Waals surface area contributed by atoms with Gasteiger partial charge in [0.2, 0.25) is 11.7 Å². The first-order valence-corrected chi connectivity index (χ1v) is 4.80. The zero-order chi connectivity index (χ0) is 14.0. The lowest BCUT2D eigenvalue weighted by molar-refractivity contribution is -0.121. The van der Waals surface area contributed by atoms with Gasteiger partial charge in [-0.1, -0.05) is 0 Å². The molecule has 0 radical (unpaired) electrons. The molecule has 8 heteroatoms. The number of carbonyl (C=O) groups is 1. The number of rotatable bonds is 3. The maximum absolute atomic E-state index is 13.2. The van der Waals surface area contributed by atoms with Crippen LogP contribution in [-0.2, 0) is 4.79 Å². The molecule has 0 bridgehead atoms. The van der Waals surface area contributed by atoms with Crippen molar-refractivity contribution in [3.63, 3.8) is 0 Å². The van der Waals surface area contributed by atoms with Crippen LogP contribution in [-0.4, -0.2) is 19.0 Å². The molecule has 0 aliphatic carbocycles. The fourth-order valence-electron chi connectivity index (χ4n) is 1.23. The molecule has 1 rings (SSSR count). The van der Waals surface area contributed by atoms with E-state index in [0.717, 1.165) is 0 Å². The second-order valence-corrected chi connectivity index (χ2v) is 3.43. The second kappa shape index (κ2) is 5.19. The molecule has 100 valence electrons. The minimum atomic E-state index is -2.25. The Bertz CT molecular complexity index is 463. The number of anilines is 1. The Hall–Kier alpha value is -1.86. The van der Waals surface area contributed by atoms with Crippen LogP contribution in [0, 0.1) is 29.1 Å². The zero-order valence-corrected chi connectivity index (χ0v) is 9.38. The molecule has 1 aromatic carbocycles. The molecule has 1 aromatic rings. The predicted octanol–water partition coefficient (Wildman–Crippen LogP) is 1.93. The van der Waals surface area contributed by atoms with Gasteiger partial charge in [-0.25, -0.2) is 22.0 Å². The standard InChI is InChI=1S/C10H9F5N2O/c1-3(10(18)16-2)17-9-7(14)5(12)4(11)6(13)8(9)15/h3,17H,1-2H3,(H,16,18). The maximum Gasteiger partial charge on any atom is 0.241 e. The number of benzene rings is 1. The summed E-state index contributed by atoms with van der Waals surface area (Å²) in [5, 5.41) is 4.09. The topological polar surface area (TPSA) is 41.1 Å². The van der Waals surface area contributed by atoms with Gasteiger partial charge in [0.15, 0.2) is 23.3 Å². The number of hydrogen-bond acceptors (Lipinski definition) is 2. The van der Waals surface area contributed by atoms with Gasteiger partial charge in [-0.05, 0) is 6.92 Å². The van der Waals surface area contributed by atoms with Crippen molar-refractivity contribution >= 4 is 11.6 Å². The van der Waals surface area contributed by atoms with E-state index < -0.39 is 46.7 Å². The monoisotopic (exact) mass is 268 g/mol. The van der Waals surface area contributed by atoms with E-state index in [1.165, 1.54) is 14.0 Å². The van der Waals surface area contributed by atoms with Crippen molar-refractivity contribution < 1.29 is 26.7 Å². The van der Waals surface area contributed by atoms with Crippen molar-refractivity contribution in [1.82, 2.24) is 5.32 Å². The van der Waals surface area contributed by atoms with Crippen LogP contribution in [0.25, 0.3) is 0 Å². The van der Waals surface area contributed by atoms with Crippen LogP contribution in [0.2, 0.25) is 0 Å². The molecule has 1 atom stereocenters. The molecule has 2 N–H and O–H groups in total. The molecule has 0 heterocycles. The van der Waals surface area contributed by atoms with E-state index in [4.69, 9.17) is 0 Å². The van der Waals surface area contributed by atoms with E-state index >= 15 is 0 Å². The normalized spacial score (nSPS) is 12.2. The average molecular weight is 268 g/mol. The molecule has 0 aromatic heterocycles. The summed E-state index contributed by atoms with van der Waals surface area (Å²) in [5.74, 6) is -11.1. The van der Waals surface area contributed by atoms with E-state index in [-0.39, 0.29) is 0 Å². The fourth-order valence-corrected chi connectivity index (χ4v) is 1.23. The van der Waals surface area contributed by atoms with Crippen LogP contribution in [0.4, 0.5) is 27.6 Å². The molecule has 0 fully saturated rings. The number of halogens is 5. The van der Waals surface area contributed by atoms with Gasteiger partial charge in [-0.2, -0.15) is 0 Å². The number of carbonyl (C=O) groups excluding carboxylic acids is 1. The first-order valence-electron chi connectivity index (χ1n) is 4.80. The van der Waals surface area contributed by atoms with E-state index in [1.54, 1.807) is 0 Å². The molecule has 0 aliphatic rings. The summed E-state index contributed by atoms with van der Waals surface area (Å²) in [7, 11) is 1.26. The quantitative estimate of drug-likeness (QED) is 0.499. The van der Waals surface area contributed by atoms with Crippen LogP contribution in [0.15, 0.2) is 0 Å². The summed E-state index contributed by atoms with van der Waals surface area (Å²) in [5.41, 5.74) is -1.23. The Morgan fingerprint density at radius 2 is 1.33 bits per heavy atom. The van der Waals surface area contributed by atoms with Crippen LogP contribution in [0.1, 0.15) is 6.92 Å². The molecule has 1 unspecified atom stereocenters. The lowest BCUT2D eigenvalue weighted by Crippen LogP contribution is -2.36. The van der Waals surface area contributed by atoms with Gasteiger partial charge in [0.25, 0.3) is 0 Å². The first-order chi connectivity index (χ1) is 8.31. The lowest BCUT2D eigenvalue weighted by atomic mass is 10.2. The highest BCUT2D eigenvalue weighted by molar-refractivity contribution is 5.83. The first kappa shape index (κ1) is 14.2. The van der Waals surface area contributed by atoms with Gasteiger partial charge in [0.05, 0.1) is 0 Å². The summed E-state index contributed by atoms with van der Waals surface area (Å²) in [6.07, 6.45) is 0. The van der Waals surface area contributed by atoms with Crippen LogP contribution >= 0.6 is 0 Å². The second-order valence-electron chi connectivity index (χ2n) is 3.43. The van der Waals surface area contributed by atoms with Crippen LogP contribution < -0.4 is 10.6 Å². The highest BCUT2D eigenvalue weighted by Crippen LogP contribution is 2.27. The summed E-state index contributed by atoms with van der Waals surface area (Å²) >= 11 is 0. The Labute approximate surface area is 99.0 Å². The lowest BCUT2D eigenvalue weighted by Gasteiger charge is -2.15. The molecule has 0 spiro atoms. The molecular formula is C10H9F5N2O. The van der Waals surface area contributed by atoms with Crippen molar-refractivity contribution in [2.75, 3.05) is 12.4 Å². The molecule has 0 aliphatic heterocycles. The zero-order valence-electron chi connectivity index (χ0n) is 9.38. The predicted molar refractivity (Wildman–Crippen MR) is 53.4 cm³/mol. The highest BCUT2D eigenvalue weighted by atomic mass is 19.2. The van der Waals surface area contributed by atoms with E-state index in [2.05, 4.69) is 5.32 Å².